The van der Waals surface area contributed by atoms with E-state index in [1.807, 2.05) is 41.3 Å². The van der Waals surface area contributed by atoms with Crippen LogP contribution < -0.4 is 0 Å². The molecule has 1 aromatic carbocycles. The zero-order valence-corrected chi connectivity index (χ0v) is 11.7. The fourth-order valence-corrected chi connectivity index (χ4v) is 2.99. The Labute approximate surface area is 119 Å². The minimum atomic E-state index is -0.470. The van der Waals surface area contributed by atoms with E-state index in [1.54, 1.807) is 6.08 Å². The number of hydrogen-bond acceptors (Lipinski definition) is 2. The van der Waals surface area contributed by atoms with Crippen molar-refractivity contribution in [3.8, 4) is 0 Å². The summed E-state index contributed by atoms with van der Waals surface area (Å²) in [5.41, 5.74) is 0.567. The molecule has 1 N–H and O–H groups in total. The summed E-state index contributed by atoms with van der Waals surface area (Å²) in [6.07, 6.45) is 7.35. The molecule has 1 aromatic rings. The van der Waals surface area contributed by atoms with Gasteiger partial charge in [0.1, 0.15) is 0 Å². The number of carbonyl (C=O) groups excluding carboxylic acids is 1. The van der Waals surface area contributed by atoms with Crippen molar-refractivity contribution < 1.29 is 9.90 Å². The first-order valence-corrected chi connectivity index (χ1v) is 7.42. The molecule has 3 heteroatoms. The number of likely N-dealkylation sites (tertiary alicyclic amines) is 1. The van der Waals surface area contributed by atoms with E-state index in [0.29, 0.717) is 6.54 Å². The highest BCUT2D eigenvalue weighted by molar-refractivity contribution is 5.91. The second-order valence-corrected chi connectivity index (χ2v) is 5.97. The minimum absolute atomic E-state index is 0.0582. The summed E-state index contributed by atoms with van der Waals surface area (Å²) >= 11 is 0. The maximum Gasteiger partial charge on any atom is 0.246 e. The smallest absolute Gasteiger partial charge is 0.246 e. The van der Waals surface area contributed by atoms with Gasteiger partial charge in [0, 0.05) is 25.1 Å². The number of benzene rings is 1. The number of hydrogen-bond donors (Lipinski definition) is 1. The number of nitrogens with zero attached hydrogens (tertiary/aromatic N) is 1. The Balaban J connectivity index is 1.61. The summed E-state index contributed by atoms with van der Waals surface area (Å²) in [7, 11) is 0. The highest BCUT2D eigenvalue weighted by Gasteiger charge is 2.48. The van der Waals surface area contributed by atoms with Gasteiger partial charge in [0.15, 0.2) is 0 Å². The first kappa shape index (κ1) is 13.4. The molecule has 3 nitrogen and oxygen atoms in total. The van der Waals surface area contributed by atoms with E-state index in [2.05, 4.69) is 0 Å². The molecule has 0 spiro atoms. The van der Waals surface area contributed by atoms with Gasteiger partial charge in [0.05, 0.1) is 5.60 Å². The molecule has 2 fully saturated rings. The summed E-state index contributed by atoms with van der Waals surface area (Å²) in [4.78, 5) is 14.1. The van der Waals surface area contributed by atoms with E-state index >= 15 is 0 Å². The van der Waals surface area contributed by atoms with Crippen LogP contribution in [0.4, 0.5) is 0 Å². The molecule has 3 rings (SSSR count). The lowest BCUT2D eigenvalue weighted by Crippen LogP contribution is -2.43. The van der Waals surface area contributed by atoms with Crippen LogP contribution in [0.2, 0.25) is 0 Å². The van der Waals surface area contributed by atoms with Crippen LogP contribution in [0, 0.1) is 5.92 Å². The number of rotatable bonds is 3. The SMILES string of the molecule is O=C(/C=C/c1ccccc1)N1CCCC(C2(O)CC2)C1. The molecule has 1 atom stereocenters. The van der Waals surface area contributed by atoms with E-state index in [-0.39, 0.29) is 11.8 Å². The quantitative estimate of drug-likeness (QED) is 0.858. The Bertz CT molecular complexity index is 505. The number of amides is 1. The third kappa shape index (κ3) is 2.93. The van der Waals surface area contributed by atoms with Gasteiger partial charge in [-0.25, -0.2) is 0 Å². The van der Waals surface area contributed by atoms with Crippen LogP contribution in [0.1, 0.15) is 31.2 Å². The number of aliphatic hydroxyl groups is 1. The molecule has 1 heterocycles. The molecule has 106 valence electrons. The molecule has 20 heavy (non-hydrogen) atoms. The van der Waals surface area contributed by atoms with Crippen LogP contribution in [0.15, 0.2) is 36.4 Å². The maximum atomic E-state index is 12.2. The largest absolute Gasteiger partial charge is 0.390 e. The van der Waals surface area contributed by atoms with Crippen LogP contribution in [-0.2, 0) is 4.79 Å². The maximum absolute atomic E-state index is 12.2. The molecule has 2 aliphatic rings. The monoisotopic (exact) mass is 271 g/mol. The van der Waals surface area contributed by atoms with Crippen molar-refractivity contribution in [1.82, 2.24) is 4.90 Å². The predicted octanol–water partition coefficient (Wildman–Crippen LogP) is 2.46. The standard InChI is InChI=1S/C17H21NO2/c19-16(9-8-14-5-2-1-3-6-14)18-12-4-7-15(13-18)17(20)10-11-17/h1-3,5-6,8-9,15,20H,4,7,10-13H2/b9-8+. The lowest BCUT2D eigenvalue weighted by Gasteiger charge is -2.34. The Morgan fingerprint density at radius 3 is 2.75 bits per heavy atom. The minimum Gasteiger partial charge on any atom is -0.390 e. The van der Waals surface area contributed by atoms with Gasteiger partial charge in [0.25, 0.3) is 0 Å². The van der Waals surface area contributed by atoms with Gasteiger partial charge in [-0.1, -0.05) is 30.3 Å². The lowest BCUT2D eigenvalue weighted by molar-refractivity contribution is -0.128. The van der Waals surface area contributed by atoms with Crippen molar-refractivity contribution in [3.63, 3.8) is 0 Å². The molecule has 1 saturated carbocycles. The van der Waals surface area contributed by atoms with Crippen LogP contribution in [0.3, 0.4) is 0 Å². The highest BCUT2D eigenvalue weighted by atomic mass is 16.3. The Hall–Kier alpha value is -1.61. The first-order valence-electron chi connectivity index (χ1n) is 7.42. The van der Waals surface area contributed by atoms with Crippen molar-refractivity contribution in [3.05, 3.63) is 42.0 Å². The first-order chi connectivity index (χ1) is 9.67. The second-order valence-electron chi connectivity index (χ2n) is 5.97. The fraction of sp³-hybridized carbons (Fsp3) is 0.471. The van der Waals surface area contributed by atoms with Crippen LogP contribution >= 0.6 is 0 Å². The average molecular weight is 271 g/mol. The lowest BCUT2D eigenvalue weighted by atomic mass is 9.90. The predicted molar refractivity (Wildman–Crippen MR) is 79.0 cm³/mol. The third-order valence-corrected chi connectivity index (χ3v) is 4.47. The molecule has 1 amide bonds. The zero-order valence-electron chi connectivity index (χ0n) is 11.7. The van der Waals surface area contributed by atoms with Crippen molar-refractivity contribution in [2.45, 2.75) is 31.3 Å². The van der Waals surface area contributed by atoms with Crippen LogP contribution in [0.5, 0.6) is 0 Å². The van der Waals surface area contributed by atoms with E-state index in [9.17, 15) is 9.90 Å². The molecule has 1 unspecified atom stereocenters. The van der Waals surface area contributed by atoms with Crippen molar-refractivity contribution >= 4 is 12.0 Å². The zero-order chi connectivity index (χ0) is 14.0. The molecule has 0 radical (unpaired) electrons. The molecule has 1 saturated heterocycles. The van der Waals surface area contributed by atoms with Gasteiger partial charge in [-0.05, 0) is 37.3 Å². The van der Waals surface area contributed by atoms with Crippen LogP contribution in [-0.4, -0.2) is 34.6 Å². The van der Waals surface area contributed by atoms with E-state index in [4.69, 9.17) is 0 Å². The topological polar surface area (TPSA) is 40.5 Å². The summed E-state index contributed by atoms with van der Waals surface area (Å²) < 4.78 is 0. The summed E-state index contributed by atoms with van der Waals surface area (Å²) in [5, 5.41) is 10.2. The number of carbonyl (C=O) groups is 1. The summed E-state index contributed by atoms with van der Waals surface area (Å²) in [5.74, 6) is 0.327. The molecule has 1 aliphatic carbocycles. The van der Waals surface area contributed by atoms with Gasteiger partial charge in [0.2, 0.25) is 5.91 Å². The normalized spacial score (nSPS) is 24.9. The average Bonchev–Trinajstić information content (AvgIpc) is 3.25. The van der Waals surface area contributed by atoms with E-state index in [0.717, 1.165) is 37.8 Å². The molecule has 0 bridgehead atoms. The third-order valence-electron chi connectivity index (χ3n) is 4.47. The number of piperidine rings is 1. The van der Waals surface area contributed by atoms with Gasteiger partial charge in [-0.3, -0.25) is 4.79 Å². The van der Waals surface area contributed by atoms with Crippen molar-refractivity contribution in [1.29, 1.82) is 0 Å². The molecule has 1 aliphatic heterocycles. The van der Waals surface area contributed by atoms with E-state index in [1.165, 1.54) is 0 Å². The molecule has 0 aromatic heterocycles. The van der Waals surface area contributed by atoms with Gasteiger partial charge >= 0.3 is 0 Å². The molecular formula is C17H21NO2. The Morgan fingerprint density at radius 2 is 2.05 bits per heavy atom. The fourth-order valence-electron chi connectivity index (χ4n) is 2.99. The Kier molecular flexibility index (Phi) is 3.62. The second kappa shape index (κ2) is 5.41. The van der Waals surface area contributed by atoms with E-state index < -0.39 is 5.60 Å². The van der Waals surface area contributed by atoms with Crippen molar-refractivity contribution in [2.75, 3.05) is 13.1 Å². The van der Waals surface area contributed by atoms with Crippen molar-refractivity contribution in [2.24, 2.45) is 5.92 Å². The summed E-state index contributed by atoms with van der Waals surface area (Å²) in [6, 6.07) is 9.85. The highest BCUT2D eigenvalue weighted by Crippen LogP contribution is 2.45. The van der Waals surface area contributed by atoms with Crippen LogP contribution in [0.25, 0.3) is 6.08 Å². The molecular weight excluding hydrogens is 250 g/mol. The van der Waals surface area contributed by atoms with Gasteiger partial charge in [-0.15, -0.1) is 0 Å². The van der Waals surface area contributed by atoms with Gasteiger partial charge < -0.3 is 10.0 Å². The summed E-state index contributed by atoms with van der Waals surface area (Å²) in [6.45, 7) is 1.51. The van der Waals surface area contributed by atoms with Gasteiger partial charge in [-0.2, -0.15) is 0 Å². The Morgan fingerprint density at radius 1 is 1.30 bits per heavy atom.